The van der Waals surface area contributed by atoms with Crippen LogP contribution in [-0.2, 0) is 21.3 Å². The van der Waals surface area contributed by atoms with Crippen molar-refractivity contribution in [2.75, 3.05) is 24.7 Å². The van der Waals surface area contributed by atoms with E-state index < -0.39 is 38.6 Å². The zero-order valence-electron chi connectivity index (χ0n) is 20.1. The molecule has 1 aromatic heterocycles. The predicted octanol–water partition coefficient (Wildman–Crippen LogP) is 3.21. The lowest BCUT2D eigenvalue weighted by Gasteiger charge is -2.20. The average molecular weight is 535 g/mol. The number of ether oxygens (including phenoxy) is 2. The van der Waals surface area contributed by atoms with Crippen molar-refractivity contribution in [3.05, 3.63) is 98.3 Å². The Morgan fingerprint density at radius 2 is 1.76 bits per heavy atom. The molecule has 0 bridgehead atoms. The Kier molecular flexibility index (Phi) is 8.55. The third-order valence-corrected chi connectivity index (χ3v) is 7.85. The minimum Gasteiger partial charge on any atom is -0.490 e. The fourth-order valence-electron chi connectivity index (χ4n) is 3.85. The maximum absolute atomic E-state index is 14.4. The van der Waals surface area contributed by atoms with Crippen LogP contribution in [0.4, 0.5) is 8.78 Å². The first kappa shape index (κ1) is 26.7. The lowest BCUT2D eigenvalue weighted by molar-refractivity contribution is 0.0745. The van der Waals surface area contributed by atoms with E-state index in [2.05, 4.69) is 4.98 Å². The number of sulfone groups is 1. The molecule has 1 aliphatic rings. The summed E-state index contributed by atoms with van der Waals surface area (Å²) in [6.45, 7) is 0.347. The molecule has 198 valence electrons. The molecule has 0 radical (unpaired) electrons. The van der Waals surface area contributed by atoms with Crippen LogP contribution in [0.1, 0.15) is 36.3 Å². The van der Waals surface area contributed by atoms with Crippen molar-refractivity contribution >= 4 is 9.84 Å². The summed E-state index contributed by atoms with van der Waals surface area (Å²) < 4.78 is 66.1. The summed E-state index contributed by atoms with van der Waals surface area (Å²) in [4.78, 5) is 24.9. The highest BCUT2D eigenvalue weighted by atomic mass is 32.2. The second kappa shape index (κ2) is 11.8. The predicted molar refractivity (Wildman–Crippen MR) is 133 cm³/mol. The molecule has 1 aliphatic carbocycles. The maximum atomic E-state index is 14.4. The Balaban J connectivity index is 1.42. The summed E-state index contributed by atoms with van der Waals surface area (Å²) in [5.41, 5.74) is -0.0117. The van der Waals surface area contributed by atoms with Crippen LogP contribution in [0.3, 0.4) is 0 Å². The van der Waals surface area contributed by atoms with Gasteiger partial charge < -0.3 is 9.47 Å². The Bertz CT molecular complexity index is 1430. The molecule has 0 amide bonds. The van der Waals surface area contributed by atoms with Crippen LogP contribution in [0.5, 0.6) is 5.75 Å². The van der Waals surface area contributed by atoms with Crippen LogP contribution in [0.15, 0.2) is 64.3 Å². The zero-order valence-corrected chi connectivity index (χ0v) is 20.9. The minimum absolute atomic E-state index is 0.0693. The number of benzene rings is 2. The molecule has 11 heteroatoms. The van der Waals surface area contributed by atoms with Gasteiger partial charge in [-0.3, -0.25) is 14.3 Å². The molecule has 1 saturated carbocycles. The van der Waals surface area contributed by atoms with Gasteiger partial charge in [0.15, 0.2) is 21.4 Å². The van der Waals surface area contributed by atoms with Crippen molar-refractivity contribution in [1.82, 2.24) is 9.55 Å². The third kappa shape index (κ3) is 7.83. The first-order chi connectivity index (χ1) is 17.7. The highest BCUT2D eigenvalue weighted by Crippen LogP contribution is 2.33. The van der Waals surface area contributed by atoms with Crippen molar-refractivity contribution in [3.63, 3.8) is 0 Å². The Labute approximate surface area is 212 Å². The summed E-state index contributed by atoms with van der Waals surface area (Å²) in [5.74, 6) is -1.60. The fraction of sp³-hybridized carbons (Fsp3) is 0.385. The number of hydrogen-bond acceptors (Lipinski definition) is 6. The smallest absolute Gasteiger partial charge is 0.330 e. The van der Waals surface area contributed by atoms with Gasteiger partial charge in [-0.25, -0.2) is 22.0 Å². The molecule has 4 rings (SSSR count). The van der Waals surface area contributed by atoms with E-state index in [4.69, 9.17) is 9.47 Å². The van der Waals surface area contributed by atoms with Crippen LogP contribution in [0.2, 0.25) is 0 Å². The van der Waals surface area contributed by atoms with E-state index in [1.54, 1.807) is 0 Å². The van der Waals surface area contributed by atoms with Gasteiger partial charge in [-0.05, 0) is 60.6 Å². The van der Waals surface area contributed by atoms with Gasteiger partial charge in [-0.2, -0.15) is 0 Å². The summed E-state index contributed by atoms with van der Waals surface area (Å²) in [6.07, 6.45) is 3.55. The van der Waals surface area contributed by atoms with Gasteiger partial charge in [0.25, 0.3) is 5.56 Å². The number of halogens is 2. The maximum Gasteiger partial charge on any atom is 0.330 e. The first-order valence-electron chi connectivity index (χ1n) is 12.0. The molecule has 0 aliphatic heterocycles. The number of H-pyrrole nitrogens is 1. The van der Waals surface area contributed by atoms with Gasteiger partial charge >= 0.3 is 5.69 Å². The second-order valence-electron chi connectivity index (χ2n) is 9.13. The fourth-order valence-corrected chi connectivity index (χ4v) is 5.46. The largest absolute Gasteiger partial charge is 0.490 e. The number of aromatic amines is 1. The average Bonchev–Trinajstić information content (AvgIpc) is 3.68. The Morgan fingerprint density at radius 1 is 1.03 bits per heavy atom. The monoisotopic (exact) mass is 534 g/mol. The molecule has 3 aromatic rings. The molecule has 1 fully saturated rings. The summed E-state index contributed by atoms with van der Waals surface area (Å²) in [7, 11) is -3.61. The number of aromatic nitrogens is 2. The lowest BCUT2D eigenvalue weighted by Crippen LogP contribution is -2.29. The van der Waals surface area contributed by atoms with E-state index in [1.165, 1.54) is 54.7 Å². The summed E-state index contributed by atoms with van der Waals surface area (Å²) in [6, 6.07) is 11.0. The summed E-state index contributed by atoms with van der Waals surface area (Å²) in [5, 5.41) is 0. The van der Waals surface area contributed by atoms with Crippen LogP contribution >= 0.6 is 0 Å². The van der Waals surface area contributed by atoms with Crippen LogP contribution < -0.4 is 16.0 Å². The van der Waals surface area contributed by atoms with Crippen LogP contribution in [-0.4, -0.2) is 42.7 Å². The van der Waals surface area contributed by atoms with E-state index >= 15 is 0 Å². The highest BCUT2D eigenvalue weighted by molar-refractivity contribution is 7.91. The van der Waals surface area contributed by atoms with E-state index in [-0.39, 0.29) is 37.0 Å². The van der Waals surface area contributed by atoms with Gasteiger partial charge in [0.1, 0.15) is 12.5 Å². The highest BCUT2D eigenvalue weighted by Gasteiger charge is 2.25. The molecule has 1 atom stereocenters. The number of nitrogens with zero attached hydrogens (tertiary/aromatic N) is 1. The van der Waals surface area contributed by atoms with Gasteiger partial charge in [0.05, 0.1) is 18.1 Å². The van der Waals surface area contributed by atoms with Crippen molar-refractivity contribution < 1.29 is 26.7 Å². The standard InChI is InChI=1S/C26H28F2N2O6S/c27-21-7-4-19(5-8-21)22(20-6-9-23(28)24(14-20)36-15-18-2-3-18)16-37(33,34)13-1-12-35-17-30-11-10-25(31)29-26(30)32/h4-11,14,18,22H,1-3,12-13,15-17H2,(H,29,31,32)/t22-/m1/s1. The normalized spacial score (nSPS) is 14.4. The molecule has 8 nitrogen and oxygen atoms in total. The van der Waals surface area contributed by atoms with E-state index in [9.17, 15) is 26.8 Å². The topological polar surface area (TPSA) is 107 Å². The third-order valence-electron chi connectivity index (χ3n) is 6.09. The van der Waals surface area contributed by atoms with E-state index in [0.717, 1.165) is 17.4 Å². The molecule has 0 saturated heterocycles. The van der Waals surface area contributed by atoms with Crippen molar-refractivity contribution in [3.8, 4) is 5.75 Å². The Hall–Kier alpha value is -3.31. The molecular formula is C26H28F2N2O6S. The van der Waals surface area contributed by atoms with E-state index in [0.29, 0.717) is 23.7 Å². The first-order valence-corrected chi connectivity index (χ1v) is 13.8. The number of nitrogens with one attached hydrogen (secondary N) is 1. The zero-order chi connectivity index (χ0) is 26.4. The van der Waals surface area contributed by atoms with Crippen molar-refractivity contribution in [2.45, 2.75) is 31.9 Å². The molecule has 37 heavy (non-hydrogen) atoms. The number of hydrogen-bond donors (Lipinski definition) is 1. The molecular weight excluding hydrogens is 506 g/mol. The van der Waals surface area contributed by atoms with E-state index in [1.807, 2.05) is 0 Å². The Morgan fingerprint density at radius 3 is 2.46 bits per heavy atom. The molecule has 1 N–H and O–H groups in total. The van der Waals surface area contributed by atoms with Crippen molar-refractivity contribution in [2.24, 2.45) is 5.92 Å². The van der Waals surface area contributed by atoms with Gasteiger partial charge in [0, 0.05) is 24.8 Å². The van der Waals surface area contributed by atoms with Gasteiger partial charge in [-0.15, -0.1) is 0 Å². The molecule has 0 unspecified atom stereocenters. The molecule has 0 spiro atoms. The number of rotatable bonds is 13. The SMILES string of the molecule is O=c1ccn(COCCCS(=O)(=O)C[C@H](c2ccc(F)cc2)c2ccc(F)c(OCC3CC3)c2)c(=O)[nH]1. The lowest BCUT2D eigenvalue weighted by atomic mass is 9.93. The molecule has 1 heterocycles. The molecule has 2 aromatic carbocycles. The van der Waals surface area contributed by atoms with Crippen LogP contribution in [0.25, 0.3) is 0 Å². The van der Waals surface area contributed by atoms with Crippen molar-refractivity contribution in [1.29, 1.82) is 0 Å². The van der Waals surface area contributed by atoms with Crippen LogP contribution in [0, 0.1) is 17.6 Å². The van der Waals surface area contributed by atoms with Gasteiger partial charge in [0.2, 0.25) is 0 Å². The van der Waals surface area contributed by atoms with Gasteiger partial charge in [-0.1, -0.05) is 18.2 Å². The second-order valence-corrected chi connectivity index (χ2v) is 11.4. The quantitative estimate of drug-likeness (QED) is 0.338. The minimum atomic E-state index is -3.61. The summed E-state index contributed by atoms with van der Waals surface area (Å²) >= 11 is 0.